The van der Waals surface area contributed by atoms with Crippen LogP contribution in [-0.2, 0) is 10.4 Å². The number of hydrogen-bond acceptors (Lipinski definition) is 8. The zero-order chi connectivity index (χ0) is 18.8. The fraction of sp³-hybridized carbons (Fsp3) is 0.133. The number of aromatic hydroxyl groups is 2. The summed E-state index contributed by atoms with van der Waals surface area (Å²) in [6, 6.07) is 7.71. The summed E-state index contributed by atoms with van der Waals surface area (Å²) < 4.78 is 44.9. The molecule has 0 aliphatic carbocycles. The molecule has 2 aromatic carbocycles. The first-order valence-corrected chi connectivity index (χ1v) is 8.04. The van der Waals surface area contributed by atoms with E-state index in [0.717, 1.165) is 14.2 Å². The van der Waals surface area contributed by atoms with E-state index in [9.17, 15) is 23.4 Å². The highest BCUT2D eigenvalue weighted by atomic mass is 32.3. The van der Waals surface area contributed by atoms with Crippen molar-refractivity contribution in [1.82, 2.24) is 0 Å². The summed E-state index contributed by atoms with van der Waals surface area (Å²) in [6.07, 6.45) is 0. The number of carbonyl (C=O) groups excluding carboxylic acids is 1. The Morgan fingerprint density at radius 3 is 1.96 bits per heavy atom. The third-order valence-electron chi connectivity index (χ3n) is 3.18. The van der Waals surface area contributed by atoms with E-state index in [4.69, 9.17) is 14.0 Å². The van der Waals surface area contributed by atoms with E-state index in [2.05, 4.69) is 4.18 Å². The highest BCUT2D eigenvalue weighted by Gasteiger charge is 2.33. The second-order valence-electron chi connectivity index (χ2n) is 4.67. The van der Waals surface area contributed by atoms with Crippen molar-refractivity contribution in [3.05, 3.63) is 41.5 Å². The summed E-state index contributed by atoms with van der Waals surface area (Å²) in [5, 5.41) is 20.3. The fourth-order valence-electron chi connectivity index (χ4n) is 2.17. The van der Waals surface area contributed by atoms with Gasteiger partial charge in [-0.3, -0.25) is 9.35 Å². The van der Waals surface area contributed by atoms with Crippen LogP contribution >= 0.6 is 0 Å². The molecule has 0 atom stereocenters. The molecule has 2 aromatic rings. The van der Waals surface area contributed by atoms with Crippen LogP contribution < -0.4 is 13.7 Å². The van der Waals surface area contributed by atoms with Gasteiger partial charge in [0.15, 0.2) is 11.5 Å². The summed E-state index contributed by atoms with van der Waals surface area (Å²) in [6.45, 7) is 0. The first kappa shape index (κ1) is 18.4. The van der Waals surface area contributed by atoms with Gasteiger partial charge >= 0.3 is 10.4 Å². The van der Waals surface area contributed by atoms with Gasteiger partial charge in [0.2, 0.25) is 23.0 Å². The molecule has 3 N–H and O–H groups in total. The largest absolute Gasteiger partial charge is 0.504 e. The number of hydrogen-bond donors (Lipinski definition) is 3. The number of benzene rings is 2. The van der Waals surface area contributed by atoms with E-state index in [0.29, 0.717) is 0 Å². The molecule has 0 heterocycles. The van der Waals surface area contributed by atoms with E-state index >= 15 is 0 Å². The first-order chi connectivity index (χ1) is 11.7. The molecule has 2 rings (SSSR count). The van der Waals surface area contributed by atoms with Gasteiger partial charge in [0.25, 0.3) is 0 Å². The normalized spacial score (nSPS) is 11.0. The second-order valence-corrected chi connectivity index (χ2v) is 5.70. The molecule has 0 bridgehead atoms. The smallest absolute Gasteiger partial charge is 0.446 e. The molecule has 0 spiro atoms. The van der Waals surface area contributed by atoms with Gasteiger partial charge < -0.3 is 23.9 Å². The molecular formula is C15H14O9S. The predicted molar refractivity (Wildman–Crippen MR) is 84.9 cm³/mol. The van der Waals surface area contributed by atoms with Crippen LogP contribution in [-0.4, -0.2) is 43.2 Å². The summed E-state index contributed by atoms with van der Waals surface area (Å²) in [4.78, 5) is 12.7. The number of rotatable bonds is 6. The Kier molecular flexibility index (Phi) is 5.04. The van der Waals surface area contributed by atoms with Gasteiger partial charge in [-0.05, 0) is 0 Å². The van der Waals surface area contributed by atoms with Gasteiger partial charge in [0, 0.05) is 5.56 Å². The lowest BCUT2D eigenvalue weighted by atomic mass is 10.00. The predicted octanol–water partition coefficient (Wildman–Crippen LogP) is 1.53. The highest BCUT2D eigenvalue weighted by molar-refractivity contribution is 7.81. The van der Waals surface area contributed by atoms with Crippen LogP contribution in [0.4, 0.5) is 0 Å². The van der Waals surface area contributed by atoms with Crippen molar-refractivity contribution < 1.29 is 41.6 Å². The Morgan fingerprint density at radius 2 is 1.48 bits per heavy atom. The Labute approximate surface area is 143 Å². The molecule has 0 radical (unpaired) electrons. The molecular weight excluding hydrogens is 356 g/mol. The fourth-order valence-corrected chi connectivity index (χ4v) is 2.54. The number of phenols is 2. The number of methoxy groups -OCH3 is 2. The van der Waals surface area contributed by atoms with Crippen LogP contribution in [0.25, 0.3) is 0 Å². The summed E-state index contributed by atoms with van der Waals surface area (Å²) >= 11 is 0. The average molecular weight is 370 g/mol. The summed E-state index contributed by atoms with van der Waals surface area (Å²) in [5.74, 6) is -4.64. The van der Waals surface area contributed by atoms with Crippen LogP contribution in [0.3, 0.4) is 0 Å². The third kappa shape index (κ3) is 3.59. The second kappa shape index (κ2) is 6.87. The SMILES string of the molecule is COc1c(O)c(OS(=O)(=O)O)c(O)c(C(=O)c2ccccc2)c1OC. The van der Waals surface area contributed by atoms with Crippen LogP contribution in [0, 0.1) is 0 Å². The molecule has 0 saturated heterocycles. The van der Waals surface area contributed by atoms with Crippen molar-refractivity contribution in [3.63, 3.8) is 0 Å². The monoisotopic (exact) mass is 370 g/mol. The number of carbonyl (C=O) groups is 1. The van der Waals surface area contributed by atoms with Gasteiger partial charge in [0.05, 0.1) is 14.2 Å². The van der Waals surface area contributed by atoms with Crippen molar-refractivity contribution in [1.29, 1.82) is 0 Å². The molecule has 0 unspecified atom stereocenters. The topological polar surface area (TPSA) is 140 Å². The van der Waals surface area contributed by atoms with Gasteiger partial charge in [-0.1, -0.05) is 30.3 Å². The van der Waals surface area contributed by atoms with Gasteiger partial charge in [-0.2, -0.15) is 8.42 Å². The van der Waals surface area contributed by atoms with Crippen molar-refractivity contribution >= 4 is 16.2 Å². The van der Waals surface area contributed by atoms with Crippen LogP contribution in [0.15, 0.2) is 30.3 Å². The van der Waals surface area contributed by atoms with E-state index in [1.807, 2.05) is 0 Å². The lowest BCUT2D eigenvalue weighted by molar-refractivity contribution is 0.103. The zero-order valence-corrected chi connectivity index (χ0v) is 13.9. The number of phenolic OH excluding ortho intramolecular Hbond substituents is 2. The molecule has 0 fully saturated rings. The average Bonchev–Trinajstić information content (AvgIpc) is 2.57. The molecule has 0 aliphatic heterocycles. The molecule has 0 saturated carbocycles. The van der Waals surface area contributed by atoms with Crippen molar-refractivity contribution in [2.45, 2.75) is 0 Å². The number of ketones is 1. The number of ether oxygens (including phenoxy) is 2. The molecule has 0 aliphatic rings. The zero-order valence-electron chi connectivity index (χ0n) is 13.1. The van der Waals surface area contributed by atoms with Crippen molar-refractivity contribution in [2.75, 3.05) is 14.2 Å². The Morgan fingerprint density at radius 1 is 0.920 bits per heavy atom. The Bertz CT molecular complexity index is 905. The minimum absolute atomic E-state index is 0.140. The van der Waals surface area contributed by atoms with Crippen LogP contribution in [0.2, 0.25) is 0 Å². The molecule has 0 aromatic heterocycles. The Balaban J connectivity index is 2.81. The standard InChI is InChI=1S/C15H14O9S/c1-22-13-9(10(16)8-6-4-3-5-7-8)11(17)14(24-25(19,20)21)12(18)15(13)23-2/h3-7,17-18H,1-2H3,(H,19,20,21). The van der Waals surface area contributed by atoms with Gasteiger partial charge in [-0.25, -0.2) is 0 Å². The quantitative estimate of drug-likeness (QED) is 0.510. The molecule has 9 nitrogen and oxygen atoms in total. The molecule has 0 amide bonds. The van der Waals surface area contributed by atoms with E-state index in [1.54, 1.807) is 18.2 Å². The first-order valence-electron chi connectivity index (χ1n) is 6.67. The van der Waals surface area contributed by atoms with Crippen molar-refractivity contribution in [3.8, 4) is 28.7 Å². The maximum atomic E-state index is 12.7. The lowest BCUT2D eigenvalue weighted by Gasteiger charge is -2.18. The molecule has 10 heteroatoms. The van der Waals surface area contributed by atoms with E-state index in [-0.39, 0.29) is 11.3 Å². The lowest BCUT2D eigenvalue weighted by Crippen LogP contribution is -2.11. The maximum Gasteiger partial charge on any atom is 0.446 e. The van der Waals surface area contributed by atoms with E-state index < -0.39 is 44.7 Å². The van der Waals surface area contributed by atoms with Crippen molar-refractivity contribution in [2.24, 2.45) is 0 Å². The third-order valence-corrected chi connectivity index (χ3v) is 3.55. The van der Waals surface area contributed by atoms with E-state index in [1.165, 1.54) is 12.1 Å². The maximum absolute atomic E-state index is 12.7. The van der Waals surface area contributed by atoms with Crippen LogP contribution in [0.1, 0.15) is 15.9 Å². The highest BCUT2D eigenvalue weighted by Crippen LogP contribution is 2.53. The van der Waals surface area contributed by atoms with Gasteiger partial charge in [-0.15, -0.1) is 0 Å². The molecule has 25 heavy (non-hydrogen) atoms. The van der Waals surface area contributed by atoms with Crippen LogP contribution in [0.5, 0.6) is 28.7 Å². The summed E-state index contributed by atoms with van der Waals surface area (Å²) in [5.41, 5.74) is -0.372. The minimum atomic E-state index is -5.10. The Hall–Kier alpha value is -2.98. The van der Waals surface area contributed by atoms with Gasteiger partial charge in [0.1, 0.15) is 5.56 Å². The minimum Gasteiger partial charge on any atom is -0.504 e. The summed E-state index contributed by atoms with van der Waals surface area (Å²) in [7, 11) is -2.83. The molecule has 134 valence electrons.